The van der Waals surface area contributed by atoms with Crippen molar-refractivity contribution in [2.24, 2.45) is 34.5 Å². The van der Waals surface area contributed by atoms with Crippen LogP contribution in [0.4, 0.5) is 0 Å². The van der Waals surface area contributed by atoms with Crippen molar-refractivity contribution >= 4 is 6.29 Å². The van der Waals surface area contributed by atoms with Gasteiger partial charge in [-0.3, -0.25) is 4.79 Å². The smallest absolute Gasteiger partial charge is 0.142 e. The van der Waals surface area contributed by atoms with Gasteiger partial charge >= 0.3 is 0 Å². The molecule has 1 nitrogen and oxygen atoms in total. The third-order valence-electron chi connectivity index (χ3n) is 7.79. The van der Waals surface area contributed by atoms with Crippen LogP contribution in [-0.4, -0.2) is 6.29 Å². The summed E-state index contributed by atoms with van der Waals surface area (Å²) in [5.41, 5.74) is 1.89. The Balaban J connectivity index is 1.97. The molecule has 0 aromatic carbocycles. The second-order valence-electron chi connectivity index (χ2n) is 8.49. The van der Waals surface area contributed by atoms with E-state index < -0.39 is 0 Å². The average Bonchev–Trinajstić information content (AvgIpc) is 2.87. The molecule has 6 atom stereocenters. The van der Waals surface area contributed by atoms with E-state index >= 15 is 0 Å². The molecule has 0 N–H and O–H groups in total. The van der Waals surface area contributed by atoms with Crippen molar-refractivity contribution < 1.29 is 4.79 Å². The summed E-state index contributed by atoms with van der Waals surface area (Å²) in [7, 11) is 0. The van der Waals surface area contributed by atoms with Crippen molar-refractivity contribution in [1.29, 1.82) is 0 Å². The van der Waals surface area contributed by atoms with Crippen LogP contribution in [0.2, 0.25) is 0 Å². The van der Waals surface area contributed by atoms with E-state index in [0.717, 1.165) is 24.5 Å². The molecular formula is C22H32O. The van der Waals surface area contributed by atoms with Crippen LogP contribution in [0, 0.1) is 34.5 Å². The Bertz CT molecular complexity index is 542. The Morgan fingerprint density at radius 3 is 2.57 bits per heavy atom. The van der Waals surface area contributed by atoms with Crippen LogP contribution in [-0.2, 0) is 4.79 Å². The summed E-state index contributed by atoms with van der Waals surface area (Å²) in [5, 5.41) is 0. The Kier molecular flexibility index (Phi) is 4.42. The highest BCUT2D eigenvalue weighted by Crippen LogP contribution is 2.65. The Morgan fingerprint density at radius 2 is 1.91 bits per heavy atom. The van der Waals surface area contributed by atoms with E-state index in [1.165, 1.54) is 37.7 Å². The summed E-state index contributed by atoms with van der Waals surface area (Å²) in [6.07, 6.45) is 17.3. The molecule has 3 aliphatic carbocycles. The van der Waals surface area contributed by atoms with Gasteiger partial charge in [-0.25, -0.2) is 0 Å². The van der Waals surface area contributed by atoms with E-state index in [0.29, 0.717) is 17.3 Å². The summed E-state index contributed by atoms with van der Waals surface area (Å²) in [4.78, 5) is 11.1. The highest BCUT2D eigenvalue weighted by atomic mass is 16.1. The number of rotatable bonds is 3. The summed E-state index contributed by atoms with van der Waals surface area (Å²) in [6.45, 7) is 11.1. The maximum Gasteiger partial charge on any atom is 0.142 e. The standard InChI is InChI=1S/C22H32O/c1-5-13-21(3)17(12-15-23)7-9-18-19-10-8-16(6-2)22(19,4)14-11-20(18)21/h5-6,12-13,15-16,18-20H,2,7-11,14H2,1,3-4H3/b13-5-,17-12-. The fraction of sp³-hybridized carbons (Fsp3) is 0.682. The molecule has 3 aliphatic rings. The van der Waals surface area contributed by atoms with Crippen molar-refractivity contribution in [2.75, 3.05) is 0 Å². The predicted octanol–water partition coefficient (Wildman–Crippen LogP) is 5.73. The first-order valence-electron chi connectivity index (χ1n) is 9.42. The van der Waals surface area contributed by atoms with E-state index in [-0.39, 0.29) is 5.41 Å². The maximum atomic E-state index is 11.1. The van der Waals surface area contributed by atoms with E-state index in [9.17, 15) is 4.79 Å². The van der Waals surface area contributed by atoms with E-state index in [1.54, 1.807) is 0 Å². The zero-order valence-electron chi connectivity index (χ0n) is 15.1. The largest absolute Gasteiger partial charge is 0.299 e. The molecule has 126 valence electrons. The van der Waals surface area contributed by atoms with E-state index in [2.05, 4.69) is 45.6 Å². The van der Waals surface area contributed by atoms with Gasteiger partial charge < -0.3 is 0 Å². The molecule has 0 spiro atoms. The van der Waals surface area contributed by atoms with Gasteiger partial charge in [0.1, 0.15) is 6.29 Å². The number of hydrogen-bond donors (Lipinski definition) is 0. The number of hydrogen-bond acceptors (Lipinski definition) is 1. The molecule has 0 aromatic rings. The zero-order chi connectivity index (χ0) is 16.7. The summed E-state index contributed by atoms with van der Waals surface area (Å²) in [5.74, 6) is 3.05. The lowest BCUT2D eigenvalue weighted by molar-refractivity contribution is -0.104. The molecule has 0 saturated heterocycles. The first-order chi connectivity index (χ1) is 11.0. The van der Waals surface area contributed by atoms with Crippen LogP contribution in [0.25, 0.3) is 0 Å². The van der Waals surface area contributed by atoms with Gasteiger partial charge in [-0.05, 0) is 80.6 Å². The lowest BCUT2D eigenvalue weighted by atomic mass is 9.48. The van der Waals surface area contributed by atoms with Crippen molar-refractivity contribution in [3.8, 4) is 0 Å². The summed E-state index contributed by atoms with van der Waals surface area (Å²) >= 11 is 0. The Hall–Kier alpha value is -1.11. The number of carbonyl (C=O) groups is 1. The molecule has 3 rings (SSSR count). The normalized spacial score (nSPS) is 48.2. The second-order valence-corrected chi connectivity index (χ2v) is 8.49. The van der Waals surface area contributed by atoms with Crippen LogP contribution in [0.1, 0.15) is 59.3 Å². The molecular weight excluding hydrogens is 280 g/mol. The highest BCUT2D eigenvalue weighted by molar-refractivity contribution is 5.67. The monoisotopic (exact) mass is 312 g/mol. The number of aldehydes is 1. The third-order valence-corrected chi connectivity index (χ3v) is 7.79. The van der Waals surface area contributed by atoms with Gasteiger partial charge in [0.2, 0.25) is 0 Å². The van der Waals surface area contributed by atoms with E-state index in [4.69, 9.17) is 0 Å². The van der Waals surface area contributed by atoms with Crippen LogP contribution in [0.5, 0.6) is 0 Å². The van der Waals surface area contributed by atoms with Gasteiger partial charge in [0.05, 0.1) is 0 Å². The Labute approximate surface area is 141 Å². The van der Waals surface area contributed by atoms with Crippen LogP contribution >= 0.6 is 0 Å². The molecule has 1 heteroatoms. The zero-order valence-corrected chi connectivity index (χ0v) is 15.1. The maximum absolute atomic E-state index is 11.1. The van der Waals surface area contributed by atoms with Gasteiger partial charge in [0.15, 0.2) is 0 Å². The topological polar surface area (TPSA) is 17.1 Å². The second kappa shape index (κ2) is 6.07. The van der Waals surface area contributed by atoms with Crippen LogP contribution in [0.3, 0.4) is 0 Å². The first-order valence-corrected chi connectivity index (χ1v) is 9.42. The molecule has 3 fully saturated rings. The van der Waals surface area contributed by atoms with Crippen molar-refractivity contribution in [1.82, 2.24) is 0 Å². The Morgan fingerprint density at radius 1 is 1.13 bits per heavy atom. The molecule has 0 aliphatic heterocycles. The fourth-order valence-corrected chi connectivity index (χ4v) is 6.61. The van der Waals surface area contributed by atoms with Gasteiger partial charge in [0, 0.05) is 5.41 Å². The molecule has 3 saturated carbocycles. The number of allylic oxidation sites excluding steroid dienone is 5. The fourth-order valence-electron chi connectivity index (χ4n) is 6.61. The van der Waals surface area contributed by atoms with Crippen LogP contribution < -0.4 is 0 Å². The third kappa shape index (κ3) is 2.39. The van der Waals surface area contributed by atoms with Gasteiger partial charge in [-0.1, -0.05) is 37.6 Å². The molecule has 0 radical (unpaired) electrons. The minimum atomic E-state index is 0.0756. The predicted molar refractivity (Wildman–Crippen MR) is 97.0 cm³/mol. The first kappa shape index (κ1) is 16.7. The number of fused-ring (bicyclic) bond motifs is 3. The molecule has 23 heavy (non-hydrogen) atoms. The molecule has 6 unspecified atom stereocenters. The SMILES string of the molecule is C=CC1CCC2C3CC/C(=C/C=O)C(C)(/C=C\C)C3CCC12C. The lowest BCUT2D eigenvalue weighted by Gasteiger charge is -2.56. The van der Waals surface area contributed by atoms with Gasteiger partial charge in [-0.2, -0.15) is 0 Å². The minimum Gasteiger partial charge on any atom is -0.299 e. The van der Waals surface area contributed by atoms with Crippen molar-refractivity contribution in [2.45, 2.75) is 59.3 Å². The summed E-state index contributed by atoms with van der Waals surface area (Å²) in [6, 6.07) is 0. The van der Waals surface area contributed by atoms with E-state index in [1.807, 2.05) is 6.08 Å². The lowest BCUT2D eigenvalue weighted by Crippen LogP contribution is -2.48. The minimum absolute atomic E-state index is 0.0756. The van der Waals surface area contributed by atoms with Gasteiger partial charge in [-0.15, -0.1) is 6.58 Å². The van der Waals surface area contributed by atoms with Crippen LogP contribution in [0.15, 0.2) is 36.5 Å². The molecule has 0 heterocycles. The quantitative estimate of drug-likeness (QED) is 0.369. The molecule has 0 amide bonds. The van der Waals surface area contributed by atoms with Crippen molar-refractivity contribution in [3.63, 3.8) is 0 Å². The summed E-state index contributed by atoms with van der Waals surface area (Å²) < 4.78 is 0. The van der Waals surface area contributed by atoms with Crippen molar-refractivity contribution in [3.05, 3.63) is 36.5 Å². The molecule has 0 bridgehead atoms. The number of carbonyl (C=O) groups excluding carboxylic acids is 1. The van der Waals surface area contributed by atoms with Gasteiger partial charge in [0.25, 0.3) is 0 Å². The molecule has 0 aromatic heterocycles. The highest BCUT2D eigenvalue weighted by Gasteiger charge is 2.57. The average molecular weight is 312 g/mol.